The third-order valence-electron chi connectivity index (χ3n) is 1.84. The number of rotatable bonds is 3. The van der Waals surface area contributed by atoms with Crippen LogP contribution in [-0.2, 0) is 4.79 Å². The van der Waals surface area contributed by atoms with E-state index in [0.29, 0.717) is 11.3 Å². The highest BCUT2D eigenvalue weighted by atomic mass is 16.1. The van der Waals surface area contributed by atoms with Gasteiger partial charge in [-0.3, -0.25) is 9.59 Å². The fourth-order valence-electron chi connectivity index (χ4n) is 1.03. The van der Waals surface area contributed by atoms with Gasteiger partial charge >= 0.3 is 0 Å². The van der Waals surface area contributed by atoms with Crippen molar-refractivity contribution in [2.75, 3.05) is 5.32 Å². The maximum absolute atomic E-state index is 11.0. The number of carbonyl (C=O) groups excluding carboxylic acids is 2. The van der Waals surface area contributed by atoms with Gasteiger partial charge in [0.15, 0.2) is 0 Å². The standard InChI is InChI=1S/C11H11NO2/c1-3-11(14)12-10-6-9(7-13)5-4-8(10)2/h3-7H,1H2,2H3,(H,12,14). The van der Waals surface area contributed by atoms with Crippen LogP contribution in [0.2, 0.25) is 0 Å². The molecule has 0 radical (unpaired) electrons. The predicted molar refractivity (Wildman–Crippen MR) is 55.4 cm³/mol. The molecule has 0 saturated heterocycles. The molecule has 0 aliphatic heterocycles. The molecule has 0 spiro atoms. The van der Waals surface area contributed by atoms with Gasteiger partial charge in [0.05, 0.1) is 0 Å². The predicted octanol–water partition coefficient (Wildman–Crippen LogP) is 1.93. The summed E-state index contributed by atoms with van der Waals surface area (Å²) < 4.78 is 0. The van der Waals surface area contributed by atoms with Crippen LogP contribution >= 0.6 is 0 Å². The maximum atomic E-state index is 11.0. The quantitative estimate of drug-likeness (QED) is 0.583. The maximum Gasteiger partial charge on any atom is 0.247 e. The van der Waals surface area contributed by atoms with Crippen molar-refractivity contribution in [1.29, 1.82) is 0 Å². The summed E-state index contributed by atoms with van der Waals surface area (Å²) in [5, 5.41) is 2.62. The van der Waals surface area contributed by atoms with E-state index in [1.54, 1.807) is 18.2 Å². The number of aryl methyl sites for hydroxylation is 1. The zero-order chi connectivity index (χ0) is 10.6. The van der Waals surface area contributed by atoms with Gasteiger partial charge in [0.1, 0.15) is 6.29 Å². The Morgan fingerprint density at radius 1 is 1.50 bits per heavy atom. The first-order chi connectivity index (χ1) is 6.67. The molecule has 1 rings (SSSR count). The Kier molecular flexibility index (Phi) is 3.18. The van der Waals surface area contributed by atoms with Crippen LogP contribution in [0.3, 0.4) is 0 Å². The molecular weight excluding hydrogens is 178 g/mol. The lowest BCUT2D eigenvalue weighted by Gasteiger charge is -2.06. The molecule has 0 fully saturated rings. The molecule has 0 bridgehead atoms. The summed E-state index contributed by atoms with van der Waals surface area (Å²) in [7, 11) is 0. The zero-order valence-corrected chi connectivity index (χ0v) is 7.91. The van der Waals surface area contributed by atoms with Gasteiger partial charge in [-0.2, -0.15) is 0 Å². The molecule has 3 heteroatoms. The minimum absolute atomic E-state index is 0.281. The van der Waals surface area contributed by atoms with Crippen LogP contribution in [0.25, 0.3) is 0 Å². The molecule has 1 aromatic rings. The third-order valence-corrected chi connectivity index (χ3v) is 1.84. The van der Waals surface area contributed by atoms with Crippen molar-refractivity contribution in [2.24, 2.45) is 0 Å². The van der Waals surface area contributed by atoms with E-state index in [2.05, 4.69) is 11.9 Å². The fourth-order valence-corrected chi connectivity index (χ4v) is 1.03. The van der Waals surface area contributed by atoms with Gasteiger partial charge < -0.3 is 5.32 Å². The van der Waals surface area contributed by atoms with E-state index in [9.17, 15) is 9.59 Å². The Bertz CT molecular complexity index is 383. The Morgan fingerprint density at radius 2 is 2.21 bits per heavy atom. The Balaban J connectivity index is 3.00. The lowest BCUT2D eigenvalue weighted by molar-refractivity contribution is -0.111. The highest BCUT2D eigenvalue weighted by Gasteiger charge is 2.01. The molecule has 1 aromatic carbocycles. The van der Waals surface area contributed by atoms with E-state index in [0.717, 1.165) is 11.8 Å². The number of carbonyl (C=O) groups is 2. The molecule has 0 atom stereocenters. The molecular formula is C11H11NO2. The largest absolute Gasteiger partial charge is 0.322 e. The van der Waals surface area contributed by atoms with E-state index < -0.39 is 0 Å². The lowest BCUT2D eigenvalue weighted by Crippen LogP contribution is -2.08. The third kappa shape index (κ3) is 2.29. The van der Waals surface area contributed by atoms with Gasteiger partial charge in [-0.25, -0.2) is 0 Å². The molecule has 0 aliphatic rings. The summed E-state index contributed by atoms with van der Waals surface area (Å²) >= 11 is 0. The van der Waals surface area contributed by atoms with Crippen LogP contribution in [0, 0.1) is 6.92 Å². The second-order valence-electron chi connectivity index (χ2n) is 2.89. The molecule has 1 amide bonds. The molecule has 0 aliphatic carbocycles. The van der Waals surface area contributed by atoms with E-state index in [-0.39, 0.29) is 5.91 Å². The molecule has 1 N–H and O–H groups in total. The summed E-state index contributed by atoms with van der Waals surface area (Å²) in [6.07, 6.45) is 1.93. The Morgan fingerprint density at radius 3 is 2.79 bits per heavy atom. The van der Waals surface area contributed by atoms with Crippen LogP contribution in [0.15, 0.2) is 30.9 Å². The number of benzene rings is 1. The monoisotopic (exact) mass is 189 g/mol. The number of hydrogen-bond donors (Lipinski definition) is 1. The lowest BCUT2D eigenvalue weighted by atomic mass is 10.1. The summed E-state index contributed by atoms with van der Waals surface area (Å²) in [5.74, 6) is -0.281. The molecule has 0 unspecified atom stereocenters. The van der Waals surface area contributed by atoms with Crippen molar-refractivity contribution >= 4 is 17.9 Å². The molecule has 0 saturated carbocycles. The van der Waals surface area contributed by atoms with Crippen LogP contribution in [0.1, 0.15) is 15.9 Å². The first-order valence-corrected chi connectivity index (χ1v) is 4.16. The highest BCUT2D eigenvalue weighted by molar-refractivity contribution is 5.99. The minimum Gasteiger partial charge on any atom is -0.322 e. The van der Waals surface area contributed by atoms with Gasteiger partial charge in [-0.15, -0.1) is 0 Å². The summed E-state index contributed by atoms with van der Waals surface area (Å²) in [6.45, 7) is 5.20. The minimum atomic E-state index is -0.281. The first-order valence-electron chi connectivity index (χ1n) is 4.16. The molecule has 72 valence electrons. The summed E-state index contributed by atoms with van der Waals surface area (Å²) in [5.41, 5.74) is 2.08. The van der Waals surface area contributed by atoms with Gasteiger partial charge in [-0.05, 0) is 24.6 Å². The zero-order valence-electron chi connectivity index (χ0n) is 7.91. The van der Waals surface area contributed by atoms with Crippen molar-refractivity contribution in [3.63, 3.8) is 0 Å². The van der Waals surface area contributed by atoms with Gasteiger partial charge in [0.2, 0.25) is 5.91 Å². The van der Waals surface area contributed by atoms with Crippen molar-refractivity contribution in [3.05, 3.63) is 42.0 Å². The van der Waals surface area contributed by atoms with Crippen molar-refractivity contribution in [1.82, 2.24) is 0 Å². The Labute approximate surface area is 82.4 Å². The number of aldehydes is 1. The van der Waals surface area contributed by atoms with E-state index >= 15 is 0 Å². The number of amides is 1. The van der Waals surface area contributed by atoms with Crippen LogP contribution in [0.5, 0.6) is 0 Å². The number of nitrogens with one attached hydrogen (secondary N) is 1. The smallest absolute Gasteiger partial charge is 0.247 e. The normalized spacial score (nSPS) is 9.21. The van der Waals surface area contributed by atoms with E-state index in [4.69, 9.17) is 0 Å². The fraction of sp³-hybridized carbons (Fsp3) is 0.0909. The second-order valence-corrected chi connectivity index (χ2v) is 2.89. The van der Waals surface area contributed by atoms with Gasteiger partial charge in [0, 0.05) is 11.3 Å². The topological polar surface area (TPSA) is 46.2 Å². The number of anilines is 1. The second kappa shape index (κ2) is 4.37. The first kappa shape index (κ1) is 10.2. The van der Waals surface area contributed by atoms with Crippen LogP contribution in [-0.4, -0.2) is 12.2 Å². The summed E-state index contributed by atoms with van der Waals surface area (Å²) in [6, 6.07) is 5.11. The Hall–Kier alpha value is -1.90. The van der Waals surface area contributed by atoms with Crippen molar-refractivity contribution in [3.8, 4) is 0 Å². The van der Waals surface area contributed by atoms with E-state index in [1.807, 2.05) is 6.92 Å². The molecule has 3 nitrogen and oxygen atoms in total. The van der Waals surface area contributed by atoms with Crippen molar-refractivity contribution < 1.29 is 9.59 Å². The molecule has 0 heterocycles. The van der Waals surface area contributed by atoms with Gasteiger partial charge in [-0.1, -0.05) is 18.7 Å². The van der Waals surface area contributed by atoms with Crippen LogP contribution in [0.4, 0.5) is 5.69 Å². The summed E-state index contributed by atoms with van der Waals surface area (Å²) in [4.78, 5) is 21.5. The average molecular weight is 189 g/mol. The van der Waals surface area contributed by atoms with Gasteiger partial charge in [0.25, 0.3) is 0 Å². The highest BCUT2D eigenvalue weighted by Crippen LogP contribution is 2.15. The average Bonchev–Trinajstić information content (AvgIpc) is 2.21. The molecule has 14 heavy (non-hydrogen) atoms. The molecule has 0 aromatic heterocycles. The SMILES string of the molecule is C=CC(=O)Nc1cc(C=O)ccc1C. The van der Waals surface area contributed by atoms with E-state index in [1.165, 1.54) is 6.08 Å². The van der Waals surface area contributed by atoms with Crippen molar-refractivity contribution in [2.45, 2.75) is 6.92 Å². The number of hydrogen-bond acceptors (Lipinski definition) is 2. The van der Waals surface area contributed by atoms with Crippen LogP contribution < -0.4 is 5.32 Å².